The summed E-state index contributed by atoms with van der Waals surface area (Å²) in [6, 6.07) is 9.50. The van der Waals surface area contributed by atoms with E-state index in [2.05, 4.69) is 13.8 Å². The maximum atomic E-state index is 14.6. The lowest BCUT2D eigenvalue weighted by molar-refractivity contribution is -0.134. The Bertz CT molecular complexity index is 1030. The molecule has 2 rings (SSSR count). The molecule has 0 amide bonds. The van der Waals surface area contributed by atoms with Crippen molar-refractivity contribution in [1.82, 2.24) is 0 Å². The molecule has 39 heavy (non-hydrogen) atoms. The molecule has 0 spiro atoms. The first-order valence-corrected chi connectivity index (χ1v) is 14.4. The van der Waals surface area contributed by atoms with E-state index in [1.807, 2.05) is 6.92 Å². The molecule has 2 aromatic rings. The van der Waals surface area contributed by atoms with Gasteiger partial charge in [-0.05, 0) is 62.6 Å². The van der Waals surface area contributed by atoms with Crippen molar-refractivity contribution in [2.45, 2.75) is 110 Å². The third-order valence-corrected chi connectivity index (χ3v) is 6.45. The number of halogens is 1. The first-order valence-electron chi connectivity index (χ1n) is 14.4. The number of carbonyl (C=O) groups is 3. The summed E-state index contributed by atoms with van der Waals surface area (Å²) in [6.07, 6.45) is 12.9. The minimum absolute atomic E-state index is 0.0412. The van der Waals surface area contributed by atoms with Crippen LogP contribution in [0.1, 0.15) is 125 Å². The molecule has 1 atom stereocenters. The van der Waals surface area contributed by atoms with Gasteiger partial charge in [0, 0.05) is 12.5 Å². The number of esters is 3. The predicted molar refractivity (Wildman–Crippen MR) is 150 cm³/mol. The van der Waals surface area contributed by atoms with Crippen molar-refractivity contribution >= 4 is 17.9 Å². The number of hydrogen-bond donors (Lipinski definition) is 0. The lowest BCUT2D eigenvalue weighted by Crippen LogP contribution is -2.15. The molecule has 7 heteroatoms. The highest BCUT2D eigenvalue weighted by atomic mass is 19.1. The zero-order chi connectivity index (χ0) is 28.5. The third kappa shape index (κ3) is 12.5. The molecule has 2 aromatic carbocycles. The van der Waals surface area contributed by atoms with Crippen molar-refractivity contribution in [2.75, 3.05) is 0 Å². The van der Waals surface area contributed by atoms with Crippen LogP contribution in [0.4, 0.5) is 4.39 Å². The average molecular weight is 543 g/mol. The van der Waals surface area contributed by atoms with E-state index in [-0.39, 0.29) is 29.6 Å². The molecule has 0 N–H and O–H groups in total. The van der Waals surface area contributed by atoms with Gasteiger partial charge >= 0.3 is 17.9 Å². The number of carbonyl (C=O) groups excluding carboxylic acids is 3. The van der Waals surface area contributed by atoms with Gasteiger partial charge in [-0.15, -0.1) is 0 Å². The van der Waals surface area contributed by atoms with Crippen LogP contribution in [-0.4, -0.2) is 24.0 Å². The Hall–Kier alpha value is -3.22. The molecular weight excluding hydrogens is 499 g/mol. The van der Waals surface area contributed by atoms with Crippen LogP contribution in [0.5, 0.6) is 11.5 Å². The molecule has 0 heterocycles. The molecule has 214 valence electrons. The number of unbranched alkanes of at least 4 members (excludes halogenated alkanes) is 9. The van der Waals surface area contributed by atoms with Crippen LogP contribution >= 0.6 is 0 Å². The summed E-state index contributed by atoms with van der Waals surface area (Å²) in [4.78, 5) is 36.9. The van der Waals surface area contributed by atoms with E-state index in [9.17, 15) is 18.8 Å². The minimum atomic E-state index is -0.899. The number of rotatable bonds is 18. The quantitative estimate of drug-likeness (QED) is 0.107. The fraction of sp³-hybridized carbons (Fsp3) is 0.531. The van der Waals surface area contributed by atoms with Gasteiger partial charge in [0.1, 0.15) is 17.3 Å². The second kappa shape index (κ2) is 18.1. The van der Waals surface area contributed by atoms with E-state index in [0.717, 1.165) is 51.0 Å². The van der Waals surface area contributed by atoms with Gasteiger partial charge in [-0.3, -0.25) is 4.79 Å². The van der Waals surface area contributed by atoms with E-state index in [1.165, 1.54) is 68.5 Å². The van der Waals surface area contributed by atoms with Gasteiger partial charge in [-0.1, -0.05) is 71.6 Å². The molecule has 0 aliphatic carbocycles. The maximum absolute atomic E-state index is 14.6. The Balaban J connectivity index is 1.80. The molecule has 0 aliphatic heterocycles. The highest BCUT2D eigenvalue weighted by molar-refractivity contribution is 5.92. The highest BCUT2D eigenvalue weighted by Crippen LogP contribution is 2.21. The summed E-state index contributed by atoms with van der Waals surface area (Å²) in [5, 5.41) is 0. The summed E-state index contributed by atoms with van der Waals surface area (Å²) in [6.45, 7) is 6.19. The van der Waals surface area contributed by atoms with Crippen molar-refractivity contribution < 1.29 is 33.0 Å². The van der Waals surface area contributed by atoms with E-state index in [0.29, 0.717) is 5.56 Å². The van der Waals surface area contributed by atoms with Crippen LogP contribution in [0.25, 0.3) is 0 Å². The zero-order valence-corrected chi connectivity index (χ0v) is 23.6. The van der Waals surface area contributed by atoms with Crippen LogP contribution in [0.3, 0.4) is 0 Å². The third-order valence-electron chi connectivity index (χ3n) is 6.45. The zero-order valence-electron chi connectivity index (χ0n) is 23.6. The standard InChI is InChI=1S/C32H43FO6/c1-4-6-8-10-11-12-14-16-30(34)38-27-21-22-28(29(33)23-27)32(36)39-26-19-17-25(18-20-26)31(35)37-24(3)15-13-9-7-5-2/h17-24H,4-16H2,1-3H3. The Morgan fingerprint density at radius 3 is 1.95 bits per heavy atom. The van der Waals surface area contributed by atoms with Crippen molar-refractivity contribution in [2.24, 2.45) is 0 Å². The lowest BCUT2D eigenvalue weighted by Gasteiger charge is -2.13. The largest absolute Gasteiger partial charge is 0.459 e. The summed E-state index contributed by atoms with van der Waals surface area (Å²) in [5.41, 5.74) is 0.0475. The van der Waals surface area contributed by atoms with Crippen LogP contribution < -0.4 is 9.47 Å². The molecule has 1 unspecified atom stereocenters. The van der Waals surface area contributed by atoms with Crippen LogP contribution in [0, 0.1) is 5.82 Å². The van der Waals surface area contributed by atoms with Crippen molar-refractivity contribution in [3.8, 4) is 11.5 Å². The van der Waals surface area contributed by atoms with Crippen LogP contribution in [-0.2, 0) is 9.53 Å². The summed E-state index contributed by atoms with van der Waals surface area (Å²) >= 11 is 0. The van der Waals surface area contributed by atoms with Crippen LogP contribution in [0.15, 0.2) is 42.5 Å². The molecule has 0 fully saturated rings. The molecule has 0 saturated carbocycles. The highest BCUT2D eigenvalue weighted by Gasteiger charge is 2.17. The second-order valence-electron chi connectivity index (χ2n) is 9.97. The lowest BCUT2D eigenvalue weighted by atomic mass is 10.1. The summed E-state index contributed by atoms with van der Waals surface area (Å²) < 4.78 is 30.5. The van der Waals surface area contributed by atoms with Crippen molar-refractivity contribution in [1.29, 1.82) is 0 Å². The number of ether oxygens (including phenoxy) is 3. The van der Waals surface area contributed by atoms with Gasteiger partial charge in [0.2, 0.25) is 0 Å². The first kappa shape index (κ1) is 32.0. The Kier molecular flexibility index (Phi) is 14.9. The first-order chi connectivity index (χ1) is 18.8. The number of hydrogen-bond acceptors (Lipinski definition) is 6. The van der Waals surface area contributed by atoms with Gasteiger partial charge in [0.25, 0.3) is 0 Å². The van der Waals surface area contributed by atoms with Gasteiger partial charge in [0.05, 0.1) is 17.2 Å². The van der Waals surface area contributed by atoms with Crippen LogP contribution in [0.2, 0.25) is 0 Å². The topological polar surface area (TPSA) is 78.9 Å². The SMILES string of the molecule is CCCCCCCCCC(=O)Oc1ccc(C(=O)Oc2ccc(C(=O)OC(C)CCCCCC)cc2)c(F)c1. The van der Waals surface area contributed by atoms with Crippen molar-refractivity contribution in [3.05, 3.63) is 59.4 Å². The van der Waals surface area contributed by atoms with E-state index >= 15 is 0 Å². The molecule has 0 saturated heterocycles. The molecule has 0 radical (unpaired) electrons. The smallest absolute Gasteiger partial charge is 0.346 e. The Morgan fingerprint density at radius 1 is 0.718 bits per heavy atom. The Labute approximate surface area is 232 Å². The normalized spacial score (nSPS) is 11.6. The molecular formula is C32H43FO6. The molecule has 0 aliphatic rings. The van der Waals surface area contributed by atoms with E-state index in [1.54, 1.807) is 0 Å². The van der Waals surface area contributed by atoms with E-state index in [4.69, 9.17) is 14.2 Å². The van der Waals surface area contributed by atoms with Gasteiger partial charge in [-0.25, -0.2) is 14.0 Å². The summed E-state index contributed by atoms with van der Waals surface area (Å²) in [5.74, 6) is -2.42. The minimum Gasteiger partial charge on any atom is -0.459 e. The fourth-order valence-corrected chi connectivity index (χ4v) is 4.12. The van der Waals surface area contributed by atoms with Crippen molar-refractivity contribution in [3.63, 3.8) is 0 Å². The predicted octanol–water partition coefficient (Wildman–Crippen LogP) is 8.61. The molecule has 0 bridgehead atoms. The monoisotopic (exact) mass is 542 g/mol. The second-order valence-corrected chi connectivity index (χ2v) is 9.97. The Morgan fingerprint density at radius 2 is 1.31 bits per heavy atom. The maximum Gasteiger partial charge on any atom is 0.346 e. The molecule has 0 aromatic heterocycles. The summed E-state index contributed by atoms with van der Waals surface area (Å²) in [7, 11) is 0. The number of benzene rings is 2. The van der Waals surface area contributed by atoms with Gasteiger partial charge in [-0.2, -0.15) is 0 Å². The average Bonchev–Trinajstić information content (AvgIpc) is 2.91. The molecule has 6 nitrogen and oxygen atoms in total. The van der Waals surface area contributed by atoms with E-state index < -0.39 is 23.7 Å². The van der Waals surface area contributed by atoms with Gasteiger partial charge in [0.15, 0.2) is 0 Å². The van der Waals surface area contributed by atoms with Gasteiger partial charge < -0.3 is 14.2 Å². The fourth-order valence-electron chi connectivity index (χ4n) is 4.12.